The van der Waals surface area contributed by atoms with E-state index in [2.05, 4.69) is 10.3 Å². The number of H-pyrrole nitrogens is 1. The van der Waals surface area contributed by atoms with Crippen LogP contribution in [-0.4, -0.2) is 28.4 Å². The fourth-order valence-corrected chi connectivity index (χ4v) is 3.21. The molecular formula is C17H11Cl3N2O3. The van der Waals surface area contributed by atoms with E-state index in [4.69, 9.17) is 34.8 Å². The van der Waals surface area contributed by atoms with Crippen LogP contribution >= 0.6 is 34.8 Å². The van der Waals surface area contributed by atoms with Crippen molar-refractivity contribution in [2.45, 2.75) is 0 Å². The van der Waals surface area contributed by atoms with E-state index in [0.29, 0.717) is 26.5 Å². The third-order valence-corrected chi connectivity index (χ3v) is 4.39. The number of aromatic nitrogens is 1. The summed E-state index contributed by atoms with van der Waals surface area (Å²) in [5, 5.41) is 13.9. The molecule has 0 atom stereocenters. The minimum atomic E-state index is -1.18. The van der Waals surface area contributed by atoms with Crippen molar-refractivity contribution in [1.29, 1.82) is 0 Å². The molecule has 0 saturated heterocycles. The first-order valence-electron chi connectivity index (χ1n) is 7.13. The SMILES string of the molecule is O=C(CNc1c(C(=O)O)[nH]c2cc(Cl)cc(Cl)c12)c1ccc(Cl)cc1. The van der Waals surface area contributed by atoms with E-state index in [0.717, 1.165) is 0 Å². The van der Waals surface area contributed by atoms with Crippen LogP contribution in [0.15, 0.2) is 36.4 Å². The number of hydrogen-bond donors (Lipinski definition) is 3. The molecule has 0 aliphatic rings. The highest BCUT2D eigenvalue weighted by molar-refractivity contribution is 6.40. The van der Waals surface area contributed by atoms with Gasteiger partial charge in [0, 0.05) is 21.0 Å². The molecule has 8 heteroatoms. The zero-order valence-corrected chi connectivity index (χ0v) is 14.8. The molecule has 2 aromatic carbocycles. The lowest BCUT2D eigenvalue weighted by Gasteiger charge is -2.07. The second-order valence-corrected chi connectivity index (χ2v) is 6.55. The highest BCUT2D eigenvalue weighted by Crippen LogP contribution is 2.36. The smallest absolute Gasteiger partial charge is 0.354 e. The Morgan fingerprint density at radius 3 is 2.36 bits per heavy atom. The third kappa shape index (κ3) is 3.58. The predicted octanol–water partition coefficient (Wildman–Crippen LogP) is 5.12. The molecule has 0 amide bonds. The number of aromatic amines is 1. The normalized spacial score (nSPS) is 10.8. The van der Waals surface area contributed by atoms with Gasteiger partial charge in [-0.3, -0.25) is 4.79 Å². The predicted molar refractivity (Wildman–Crippen MR) is 99.6 cm³/mol. The quantitative estimate of drug-likeness (QED) is 0.522. The van der Waals surface area contributed by atoms with Crippen LogP contribution in [0.3, 0.4) is 0 Å². The number of benzene rings is 2. The van der Waals surface area contributed by atoms with Crippen LogP contribution in [0.2, 0.25) is 15.1 Å². The molecule has 3 aromatic rings. The summed E-state index contributed by atoms with van der Waals surface area (Å²) in [6.45, 7) is -0.103. The summed E-state index contributed by atoms with van der Waals surface area (Å²) in [5.41, 5.74) is 1.08. The van der Waals surface area contributed by atoms with E-state index in [1.807, 2.05) is 0 Å². The number of carboxylic acids is 1. The van der Waals surface area contributed by atoms with Gasteiger partial charge in [-0.1, -0.05) is 34.8 Å². The molecule has 0 spiro atoms. The molecule has 0 aliphatic heterocycles. The maximum absolute atomic E-state index is 12.3. The van der Waals surface area contributed by atoms with Gasteiger partial charge in [0.2, 0.25) is 0 Å². The number of carbonyl (C=O) groups excluding carboxylic acids is 1. The Balaban J connectivity index is 1.94. The first kappa shape index (κ1) is 17.6. The molecule has 3 N–H and O–H groups in total. The van der Waals surface area contributed by atoms with Gasteiger partial charge in [-0.15, -0.1) is 0 Å². The number of ketones is 1. The van der Waals surface area contributed by atoms with Gasteiger partial charge in [0.25, 0.3) is 0 Å². The fourth-order valence-electron chi connectivity index (χ4n) is 2.49. The lowest BCUT2D eigenvalue weighted by atomic mass is 10.1. The van der Waals surface area contributed by atoms with E-state index in [-0.39, 0.29) is 28.7 Å². The maximum atomic E-state index is 12.3. The van der Waals surface area contributed by atoms with Crippen molar-refractivity contribution in [3.63, 3.8) is 0 Å². The zero-order valence-electron chi connectivity index (χ0n) is 12.6. The van der Waals surface area contributed by atoms with Crippen molar-refractivity contribution in [3.8, 4) is 0 Å². The summed E-state index contributed by atoms with van der Waals surface area (Å²) in [7, 11) is 0. The summed E-state index contributed by atoms with van der Waals surface area (Å²) in [6.07, 6.45) is 0. The summed E-state index contributed by atoms with van der Waals surface area (Å²) >= 11 is 18.0. The monoisotopic (exact) mass is 396 g/mol. The highest BCUT2D eigenvalue weighted by Gasteiger charge is 2.20. The van der Waals surface area contributed by atoms with Gasteiger partial charge in [-0.2, -0.15) is 0 Å². The standard InChI is InChI=1S/C17H11Cl3N2O3/c18-9-3-1-8(2-4-9)13(23)7-21-15-14-11(20)5-10(19)6-12(14)22-16(15)17(24)25/h1-6,21-22H,7H2,(H,24,25). The molecular weight excluding hydrogens is 387 g/mol. The summed E-state index contributed by atoms with van der Waals surface area (Å²) in [4.78, 5) is 26.5. The van der Waals surface area contributed by atoms with Crippen molar-refractivity contribution in [1.82, 2.24) is 4.98 Å². The molecule has 0 fully saturated rings. The molecule has 0 radical (unpaired) electrons. The molecule has 3 rings (SSSR count). The number of rotatable bonds is 5. The Kier molecular flexibility index (Phi) is 4.90. The van der Waals surface area contributed by atoms with Crippen LogP contribution in [0.1, 0.15) is 20.8 Å². The van der Waals surface area contributed by atoms with Crippen molar-refractivity contribution in [2.24, 2.45) is 0 Å². The number of aromatic carboxylic acids is 1. The Bertz CT molecular complexity index is 981. The Hall–Kier alpha value is -2.21. The summed E-state index contributed by atoms with van der Waals surface area (Å²) in [5.74, 6) is -1.39. The van der Waals surface area contributed by atoms with Crippen LogP contribution in [-0.2, 0) is 0 Å². The Morgan fingerprint density at radius 2 is 1.72 bits per heavy atom. The number of anilines is 1. The van der Waals surface area contributed by atoms with E-state index in [1.165, 1.54) is 6.07 Å². The van der Waals surface area contributed by atoms with Gasteiger partial charge in [0.1, 0.15) is 5.69 Å². The van der Waals surface area contributed by atoms with E-state index in [9.17, 15) is 14.7 Å². The zero-order chi connectivity index (χ0) is 18.1. The van der Waals surface area contributed by atoms with Crippen LogP contribution < -0.4 is 5.32 Å². The van der Waals surface area contributed by atoms with Gasteiger partial charge in [-0.25, -0.2) is 4.79 Å². The second kappa shape index (κ2) is 6.96. The molecule has 0 unspecified atom stereocenters. The molecule has 0 aliphatic carbocycles. The number of carbonyl (C=O) groups is 2. The number of hydrogen-bond acceptors (Lipinski definition) is 3. The Labute approximate surface area is 157 Å². The number of carboxylic acid groups (broad SMARTS) is 1. The number of halogens is 3. The second-order valence-electron chi connectivity index (χ2n) is 5.27. The number of fused-ring (bicyclic) bond motifs is 1. The third-order valence-electron chi connectivity index (χ3n) is 3.62. The first-order chi connectivity index (χ1) is 11.9. The summed E-state index contributed by atoms with van der Waals surface area (Å²) < 4.78 is 0. The van der Waals surface area contributed by atoms with Crippen LogP contribution in [0, 0.1) is 0 Å². The topological polar surface area (TPSA) is 82.2 Å². The highest BCUT2D eigenvalue weighted by atomic mass is 35.5. The van der Waals surface area contributed by atoms with Crippen molar-refractivity contribution in [3.05, 3.63) is 62.7 Å². The van der Waals surface area contributed by atoms with E-state index >= 15 is 0 Å². The average molecular weight is 398 g/mol. The van der Waals surface area contributed by atoms with E-state index < -0.39 is 5.97 Å². The van der Waals surface area contributed by atoms with Crippen molar-refractivity contribution < 1.29 is 14.7 Å². The van der Waals surface area contributed by atoms with Crippen LogP contribution in [0.5, 0.6) is 0 Å². The molecule has 0 saturated carbocycles. The van der Waals surface area contributed by atoms with Gasteiger partial charge in [0.15, 0.2) is 5.78 Å². The van der Waals surface area contributed by atoms with Crippen molar-refractivity contribution in [2.75, 3.05) is 11.9 Å². The summed E-state index contributed by atoms with van der Waals surface area (Å²) in [6, 6.07) is 9.52. The molecule has 5 nitrogen and oxygen atoms in total. The lowest BCUT2D eigenvalue weighted by molar-refractivity contribution is 0.0692. The van der Waals surface area contributed by atoms with Gasteiger partial charge in [-0.05, 0) is 36.4 Å². The first-order valence-corrected chi connectivity index (χ1v) is 8.27. The molecule has 1 heterocycles. The average Bonchev–Trinajstić information content (AvgIpc) is 2.92. The minimum absolute atomic E-state index is 0.0944. The van der Waals surface area contributed by atoms with Crippen molar-refractivity contribution >= 4 is 63.1 Å². The molecule has 0 bridgehead atoms. The number of Topliss-reactive ketones (excluding diaryl/α,β-unsaturated/α-hetero) is 1. The van der Waals surface area contributed by atoms with E-state index in [1.54, 1.807) is 30.3 Å². The minimum Gasteiger partial charge on any atom is -0.477 e. The fraction of sp³-hybridized carbons (Fsp3) is 0.0588. The Morgan fingerprint density at radius 1 is 1.04 bits per heavy atom. The van der Waals surface area contributed by atoms with Crippen LogP contribution in [0.4, 0.5) is 5.69 Å². The van der Waals surface area contributed by atoms with Gasteiger partial charge in [0.05, 0.1) is 22.8 Å². The molecule has 128 valence electrons. The maximum Gasteiger partial charge on any atom is 0.354 e. The largest absolute Gasteiger partial charge is 0.477 e. The molecule has 1 aromatic heterocycles. The lowest BCUT2D eigenvalue weighted by Crippen LogP contribution is -2.15. The van der Waals surface area contributed by atoms with Gasteiger partial charge >= 0.3 is 5.97 Å². The molecule has 25 heavy (non-hydrogen) atoms. The van der Waals surface area contributed by atoms with Crippen LogP contribution in [0.25, 0.3) is 10.9 Å². The number of nitrogens with one attached hydrogen (secondary N) is 2. The van der Waals surface area contributed by atoms with Gasteiger partial charge < -0.3 is 15.4 Å².